The van der Waals surface area contributed by atoms with Gasteiger partial charge >= 0.3 is 5.69 Å². The van der Waals surface area contributed by atoms with Gasteiger partial charge in [-0.1, -0.05) is 11.8 Å². The van der Waals surface area contributed by atoms with Crippen molar-refractivity contribution in [1.82, 2.24) is 19.7 Å². The Morgan fingerprint density at radius 1 is 1.57 bits per heavy atom. The Labute approximate surface area is 126 Å². The van der Waals surface area contributed by atoms with E-state index in [0.717, 1.165) is 0 Å². The molecule has 0 spiro atoms. The smallest absolute Gasteiger partial charge is 0.341 e. The molecule has 0 saturated carbocycles. The number of carbonyl (C=O) groups excluding carboxylic acids is 1. The number of nitrogens with one attached hydrogen (secondary N) is 1. The van der Waals surface area contributed by atoms with E-state index in [2.05, 4.69) is 10.2 Å². The lowest BCUT2D eigenvalue weighted by molar-refractivity contribution is -0.130. The molecule has 0 radical (unpaired) electrons. The fraction of sp³-hybridized carbons (Fsp3) is 0.727. The van der Waals surface area contributed by atoms with E-state index in [1.807, 2.05) is 0 Å². The summed E-state index contributed by atoms with van der Waals surface area (Å²) in [5.41, 5.74) is -0.340. The van der Waals surface area contributed by atoms with Crippen LogP contribution in [-0.4, -0.2) is 63.8 Å². The minimum atomic E-state index is -3.03. The summed E-state index contributed by atoms with van der Waals surface area (Å²) < 4.78 is 24.3. The monoisotopic (exact) mass is 334 g/mol. The zero-order valence-electron chi connectivity index (χ0n) is 12.1. The third-order valence-corrected chi connectivity index (χ3v) is 6.45. The summed E-state index contributed by atoms with van der Waals surface area (Å²) in [6, 6.07) is -0.270. The molecule has 1 fully saturated rings. The zero-order chi connectivity index (χ0) is 15.8. The molecular formula is C11H18N4O4S2. The van der Waals surface area contributed by atoms with Crippen LogP contribution in [0.2, 0.25) is 0 Å². The van der Waals surface area contributed by atoms with Crippen LogP contribution in [-0.2, 0) is 21.7 Å². The number of amides is 1. The highest BCUT2D eigenvalue weighted by atomic mass is 32.2. The van der Waals surface area contributed by atoms with Gasteiger partial charge in [0.05, 0.1) is 16.8 Å². The number of carbonyl (C=O) groups is 1. The van der Waals surface area contributed by atoms with Crippen molar-refractivity contribution in [2.24, 2.45) is 7.05 Å². The van der Waals surface area contributed by atoms with Gasteiger partial charge < -0.3 is 4.90 Å². The van der Waals surface area contributed by atoms with Crippen LogP contribution >= 0.6 is 11.8 Å². The van der Waals surface area contributed by atoms with Crippen LogP contribution < -0.4 is 5.69 Å². The van der Waals surface area contributed by atoms with E-state index in [-0.39, 0.29) is 29.1 Å². The van der Waals surface area contributed by atoms with Gasteiger partial charge in [-0.05, 0) is 13.3 Å². The second kappa shape index (κ2) is 5.84. The van der Waals surface area contributed by atoms with Gasteiger partial charge in [0.15, 0.2) is 15.0 Å². The zero-order valence-corrected chi connectivity index (χ0v) is 13.7. The van der Waals surface area contributed by atoms with Gasteiger partial charge in [0.2, 0.25) is 5.91 Å². The second-order valence-corrected chi connectivity index (χ2v) is 8.67. The first-order chi connectivity index (χ1) is 9.71. The minimum absolute atomic E-state index is 0.0213. The number of rotatable bonds is 4. The molecule has 0 aromatic carbocycles. The average Bonchev–Trinajstić information content (AvgIpc) is 2.93. The molecule has 0 unspecified atom stereocenters. The third-order valence-electron chi connectivity index (χ3n) is 3.57. The molecule has 1 saturated heterocycles. The SMILES string of the molecule is C[C@@H](Sc1n[nH]c(=O)n1C)C(=O)N(C)[C@@H]1CCS(=O)(=O)C1. The number of thioether (sulfide) groups is 1. The van der Waals surface area contributed by atoms with E-state index in [9.17, 15) is 18.0 Å². The van der Waals surface area contributed by atoms with E-state index in [1.54, 1.807) is 21.0 Å². The number of aromatic nitrogens is 3. The van der Waals surface area contributed by atoms with Gasteiger partial charge in [-0.3, -0.25) is 9.36 Å². The van der Waals surface area contributed by atoms with Crippen LogP contribution in [0.4, 0.5) is 0 Å². The van der Waals surface area contributed by atoms with Crippen molar-refractivity contribution in [1.29, 1.82) is 0 Å². The van der Waals surface area contributed by atoms with Crippen molar-refractivity contribution in [3.63, 3.8) is 0 Å². The van der Waals surface area contributed by atoms with Crippen LogP contribution in [0, 0.1) is 0 Å². The molecule has 1 aromatic rings. The van der Waals surface area contributed by atoms with Crippen molar-refractivity contribution in [3.8, 4) is 0 Å². The molecule has 2 heterocycles. The van der Waals surface area contributed by atoms with Crippen LogP contribution in [0.5, 0.6) is 0 Å². The normalized spacial score (nSPS) is 22.1. The number of hydrogen-bond acceptors (Lipinski definition) is 6. The van der Waals surface area contributed by atoms with Crippen LogP contribution in [0.1, 0.15) is 13.3 Å². The molecule has 2 atom stereocenters. The molecule has 0 aliphatic carbocycles. The molecule has 1 aliphatic rings. The van der Waals surface area contributed by atoms with Gasteiger partial charge in [-0.15, -0.1) is 5.10 Å². The summed E-state index contributed by atoms with van der Waals surface area (Å²) in [5.74, 6) is -0.0179. The Bertz CT molecular complexity index is 693. The highest BCUT2D eigenvalue weighted by Gasteiger charge is 2.34. The molecule has 21 heavy (non-hydrogen) atoms. The Morgan fingerprint density at radius 2 is 2.24 bits per heavy atom. The molecule has 1 N–H and O–H groups in total. The van der Waals surface area contributed by atoms with Gasteiger partial charge in [0.1, 0.15) is 0 Å². The maximum absolute atomic E-state index is 12.3. The average molecular weight is 334 g/mol. The Balaban J connectivity index is 2.02. The van der Waals surface area contributed by atoms with Crippen molar-refractivity contribution >= 4 is 27.5 Å². The van der Waals surface area contributed by atoms with Crippen LogP contribution in [0.15, 0.2) is 9.95 Å². The minimum Gasteiger partial charge on any atom is -0.341 e. The van der Waals surface area contributed by atoms with Crippen LogP contribution in [0.25, 0.3) is 0 Å². The summed E-state index contributed by atoms with van der Waals surface area (Å²) in [7, 11) is 0.162. The van der Waals surface area contributed by atoms with E-state index in [1.165, 1.54) is 21.2 Å². The second-order valence-electron chi connectivity index (χ2n) is 5.14. The molecule has 1 aromatic heterocycles. The summed E-state index contributed by atoms with van der Waals surface area (Å²) >= 11 is 1.17. The van der Waals surface area contributed by atoms with Gasteiger partial charge in [-0.2, -0.15) is 0 Å². The first kappa shape index (κ1) is 16.1. The number of aromatic amines is 1. The van der Waals surface area contributed by atoms with E-state index < -0.39 is 15.1 Å². The third kappa shape index (κ3) is 3.49. The lowest BCUT2D eigenvalue weighted by Crippen LogP contribution is -2.41. The van der Waals surface area contributed by atoms with Crippen molar-refractivity contribution in [2.45, 2.75) is 29.8 Å². The summed E-state index contributed by atoms with van der Waals surface area (Å²) in [4.78, 5) is 25.1. The number of hydrogen-bond donors (Lipinski definition) is 1. The number of H-pyrrole nitrogens is 1. The highest BCUT2D eigenvalue weighted by Crippen LogP contribution is 2.23. The molecule has 8 nitrogen and oxygen atoms in total. The number of sulfone groups is 1. The molecule has 0 bridgehead atoms. The first-order valence-corrected chi connectivity index (χ1v) is 9.16. The maximum atomic E-state index is 12.3. The predicted octanol–water partition coefficient (Wildman–Crippen LogP) is -0.765. The molecule has 2 rings (SSSR count). The quantitative estimate of drug-likeness (QED) is 0.725. The Morgan fingerprint density at radius 3 is 2.71 bits per heavy atom. The fourth-order valence-electron chi connectivity index (χ4n) is 2.19. The standard InChI is InChI=1S/C11H18N4O4S2/c1-7(20-11-13-12-10(17)15(11)3)9(16)14(2)8-4-5-21(18,19)6-8/h7-8H,4-6H2,1-3H3,(H,12,17)/t7-,8-/m1/s1. The van der Waals surface area contributed by atoms with Gasteiger partial charge in [-0.25, -0.2) is 18.3 Å². The fourth-order valence-corrected chi connectivity index (χ4v) is 4.89. The molecule has 1 aliphatic heterocycles. The summed E-state index contributed by atoms with van der Waals surface area (Å²) in [5, 5.41) is 6.12. The number of nitrogens with zero attached hydrogens (tertiary/aromatic N) is 3. The lowest BCUT2D eigenvalue weighted by Gasteiger charge is -2.26. The van der Waals surface area contributed by atoms with Crippen LogP contribution in [0.3, 0.4) is 0 Å². The van der Waals surface area contributed by atoms with Gasteiger partial charge in [0.25, 0.3) is 0 Å². The molecular weight excluding hydrogens is 316 g/mol. The largest absolute Gasteiger partial charge is 0.343 e. The Hall–Kier alpha value is -1.29. The Kier molecular flexibility index (Phi) is 4.47. The van der Waals surface area contributed by atoms with Crippen molar-refractivity contribution in [2.75, 3.05) is 18.6 Å². The van der Waals surface area contributed by atoms with E-state index in [4.69, 9.17) is 0 Å². The summed E-state index contributed by atoms with van der Waals surface area (Å²) in [6.07, 6.45) is 0.475. The lowest BCUT2D eigenvalue weighted by atomic mass is 10.2. The van der Waals surface area contributed by atoms with E-state index in [0.29, 0.717) is 11.6 Å². The summed E-state index contributed by atoms with van der Waals surface area (Å²) in [6.45, 7) is 1.71. The predicted molar refractivity (Wildman–Crippen MR) is 79.0 cm³/mol. The van der Waals surface area contributed by atoms with Gasteiger partial charge in [0, 0.05) is 20.1 Å². The molecule has 1 amide bonds. The molecule has 10 heteroatoms. The van der Waals surface area contributed by atoms with Crippen molar-refractivity contribution < 1.29 is 13.2 Å². The van der Waals surface area contributed by atoms with E-state index >= 15 is 0 Å². The maximum Gasteiger partial charge on any atom is 0.343 e. The topological polar surface area (TPSA) is 105 Å². The molecule has 118 valence electrons. The first-order valence-electron chi connectivity index (χ1n) is 6.46. The van der Waals surface area contributed by atoms with Crippen molar-refractivity contribution in [3.05, 3.63) is 10.5 Å². The highest BCUT2D eigenvalue weighted by molar-refractivity contribution is 8.00.